The second kappa shape index (κ2) is 6.79. The molecule has 0 spiro atoms. The summed E-state index contributed by atoms with van der Waals surface area (Å²) in [7, 11) is 0. The number of amides is 2. The third-order valence-electron chi connectivity index (χ3n) is 4.00. The van der Waals surface area contributed by atoms with Gasteiger partial charge < -0.3 is 14.7 Å². The van der Waals surface area contributed by atoms with E-state index in [1.165, 1.54) is 11.8 Å². The van der Waals surface area contributed by atoms with Crippen LogP contribution >= 0.6 is 23.4 Å². The summed E-state index contributed by atoms with van der Waals surface area (Å²) in [5, 5.41) is 0.755. The fraction of sp³-hybridized carbons (Fsp3) is 0.467. The molecule has 0 aromatic heterocycles. The van der Waals surface area contributed by atoms with Crippen LogP contribution in [-0.2, 0) is 4.79 Å². The molecule has 0 atom stereocenters. The number of carbonyl (C=O) groups is 2. The highest BCUT2D eigenvalue weighted by molar-refractivity contribution is 8.13. The average Bonchev–Trinajstić information content (AvgIpc) is 2.93. The number of benzene rings is 1. The molecule has 0 radical (unpaired) electrons. The third kappa shape index (κ3) is 3.33. The molecule has 2 aliphatic heterocycles. The summed E-state index contributed by atoms with van der Waals surface area (Å²) in [5.41, 5.74) is 1.02. The Morgan fingerprint density at radius 2 is 1.86 bits per heavy atom. The number of para-hydroxylation sites is 1. The minimum atomic E-state index is 0.0167. The Hall–Kier alpha value is -1.40. The standard InChI is InChI=1S/C15H18ClN3O2S/c16-12-3-1-2-4-13(12)17-5-7-18(8-6-17)14(20)11-19-9-10-22-15(19)21/h1-4H,5-11H2. The molecule has 0 unspecified atom stereocenters. The van der Waals surface area contributed by atoms with E-state index in [9.17, 15) is 9.59 Å². The minimum Gasteiger partial charge on any atom is -0.367 e. The molecule has 0 bridgehead atoms. The number of nitrogens with zero attached hydrogens (tertiary/aromatic N) is 3. The molecular weight excluding hydrogens is 322 g/mol. The molecule has 7 heteroatoms. The van der Waals surface area contributed by atoms with Crippen LogP contribution in [0.3, 0.4) is 0 Å². The summed E-state index contributed by atoms with van der Waals surface area (Å²) in [6.07, 6.45) is 0. The summed E-state index contributed by atoms with van der Waals surface area (Å²) in [4.78, 5) is 29.5. The molecule has 118 valence electrons. The van der Waals surface area contributed by atoms with E-state index >= 15 is 0 Å². The van der Waals surface area contributed by atoms with Crippen LogP contribution in [-0.4, -0.2) is 66.0 Å². The number of piperazine rings is 1. The lowest BCUT2D eigenvalue weighted by Gasteiger charge is -2.37. The lowest BCUT2D eigenvalue weighted by Crippen LogP contribution is -2.51. The van der Waals surface area contributed by atoms with Crippen molar-refractivity contribution in [2.24, 2.45) is 0 Å². The zero-order valence-electron chi connectivity index (χ0n) is 12.2. The first kappa shape index (κ1) is 15.5. The van der Waals surface area contributed by atoms with Crippen molar-refractivity contribution in [1.29, 1.82) is 0 Å². The second-order valence-corrected chi connectivity index (χ2v) is 6.81. The van der Waals surface area contributed by atoms with Crippen molar-refractivity contribution < 1.29 is 9.59 Å². The summed E-state index contributed by atoms with van der Waals surface area (Å²) < 4.78 is 0. The predicted molar refractivity (Wildman–Crippen MR) is 89.7 cm³/mol. The van der Waals surface area contributed by atoms with Gasteiger partial charge in [0.05, 0.1) is 10.7 Å². The molecule has 1 aromatic carbocycles. The van der Waals surface area contributed by atoms with Crippen molar-refractivity contribution in [1.82, 2.24) is 9.80 Å². The number of anilines is 1. The van der Waals surface area contributed by atoms with Crippen LogP contribution in [0.2, 0.25) is 5.02 Å². The van der Waals surface area contributed by atoms with Gasteiger partial charge in [-0.3, -0.25) is 9.59 Å². The lowest BCUT2D eigenvalue weighted by atomic mass is 10.2. The molecule has 0 aliphatic carbocycles. The van der Waals surface area contributed by atoms with E-state index in [1.807, 2.05) is 29.2 Å². The van der Waals surface area contributed by atoms with Crippen molar-refractivity contribution in [2.45, 2.75) is 0 Å². The SMILES string of the molecule is O=C(CN1CCSC1=O)N1CCN(c2ccccc2Cl)CC1. The van der Waals surface area contributed by atoms with Crippen molar-refractivity contribution in [3.05, 3.63) is 29.3 Å². The maximum Gasteiger partial charge on any atom is 0.282 e. The molecule has 2 saturated heterocycles. The number of thioether (sulfide) groups is 1. The van der Waals surface area contributed by atoms with Gasteiger partial charge in [0.2, 0.25) is 5.91 Å². The first-order valence-corrected chi connectivity index (χ1v) is 8.70. The summed E-state index contributed by atoms with van der Waals surface area (Å²) in [6, 6.07) is 7.76. The largest absolute Gasteiger partial charge is 0.367 e. The van der Waals surface area contributed by atoms with Crippen LogP contribution in [0.1, 0.15) is 0 Å². The smallest absolute Gasteiger partial charge is 0.282 e. The highest BCUT2D eigenvalue weighted by Crippen LogP contribution is 2.26. The molecule has 0 N–H and O–H groups in total. The summed E-state index contributed by atoms with van der Waals surface area (Å²) >= 11 is 7.50. The van der Waals surface area contributed by atoms with Crippen molar-refractivity contribution >= 4 is 40.2 Å². The van der Waals surface area contributed by atoms with E-state index in [0.717, 1.165) is 29.6 Å². The number of hydrogen-bond donors (Lipinski definition) is 0. The van der Waals surface area contributed by atoms with Crippen LogP contribution in [0, 0.1) is 0 Å². The van der Waals surface area contributed by atoms with E-state index < -0.39 is 0 Å². The normalized spacial score (nSPS) is 19.0. The average molecular weight is 340 g/mol. The van der Waals surface area contributed by atoms with Gasteiger partial charge in [0, 0.05) is 38.5 Å². The molecule has 2 aliphatic rings. The third-order valence-corrected chi connectivity index (χ3v) is 5.21. The number of hydrogen-bond acceptors (Lipinski definition) is 4. The van der Waals surface area contributed by atoms with Crippen LogP contribution in [0.5, 0.6) is 0 Å². The summed E-state index contributed by atoms with van der Waals surface area (Å²) in [6.45, 7) is 3.74. The lowest BCUT2D eigenvalue weighted by molar-refractivity contribution is -0.131. The fourth-order valence-corrected chi connectivity index (χ4v) is 3.82. The summed E-state index contributed by atoms with van der Waals surface area (Å²) in [5.74, 6) is 0.821. The molecule has 22 heavy (non-hydrogen) atoms. The topological polar surface area (TPSA) is 43.9 Å². The number of rotatable bonds is 3. The highest BCUT2D eigenvalue weighted by Gasteiger charge is 2.27. The molecule has 2 fully saturated rings. The molecule has 1 aromatic rings. The predicted octanol–water partition coefficient (Wildman–Crippen LogP) is 2.16. The first-order chi connectivity index (χ1) is 10.6. The second-order valence-electron chi connectivity index (χ2n) is 5.36. The molecular formula is C15H18ClN3O2S. The molecule has 2 amide bonds. The van der Waals surface area contributed by atoms with E-state index in [4.69, 9.17) is 11.6 Å². The molecule has 0 saturated carbocycles. The Bertz CT molecular complexity index is 576. The first-order valence-electron chi connectivity index (χ1n) is 7.34. The van der Waals surface area contributed by atoms with Crippen molar-refractivity contribution in [3.8, 4) is 0 Å². The Labute approximate surface area is 139 Å². The van der Waals surface area contributed by atoms with Gasteiger partial charge in [-0.15, -0.1) is 0 Å². The van der Waals surface area contributed by atoms with Gasteiger partial charge >= 0.3 is 0 Å². The highest BCUT2D eigenvalue weighted by atomic mass is 35.5. The van der Waals surface area contributed by atoms with Crippen LogP contribution < -0.4 is 4.90 Å². The molecule has 2 heterocycles. The van der Waals surface area contributed by atoms with Gasteiger partial charge in [0.25, 0.3) is 5.24 Å². The van der Waals surface area contributed by atoms with Crippen LogP contribution in [0.25, 0.3) is 0 Å². The van der Waals surface area contributed by atoms with Gasteiger partial charge in [-0.25, -0.2) is 0 Å². The fourth-order valence-electron chi connectivity index (χ4n) is 2.74. The monoisotopic (exact) mass is 339 g/mol. The minimum absolute atomic E-state index is 0.0167. The van der Waals surface area contributed by atoms with E-state index in [-0.39, 0.29) is 17.7 Å². The van der Waals surface area contributed by atoms with Gasteiger partial charge in [0.15, 0.2) is 0 Å². The van der Waals surface area contributed by atoms with Crippen LogP contribution in [0.4, 0.5) is 10.5 Å². The van der Waals surface area contributed by atoms with E-state index in [1.54, 1.807) is 4.90 Å². The maximum atomic E-state index is 12.3. The molecule has 5 nitrogen and oxygen atoms in total. The Kier molecular flexibility index (Phi) is 4.78. The van der Waals surface area contributed by atoms with Gasteiger partial charge in [-0.05, 0) is 12.1 Å². The van der Waals surface area contributed by atoms with Crippen LogP contribution in [0.15, 0.2) is 24.3 Å². The van der Waals surface area contributed by atoms with Gasteiger partial charge in [-0.2, -0.15) is 0 Å². The quantitative estimate of drug-likeness (QED) is 0.846. The maximum absolute atomic E-state index is 12.3. The number of carbonyl (C=O) groups excluding carboxylic acids is 2. The zero-order valence-corrected chi connectivity index (χ0v) is 13.8. The van der Waals surface area contributed by atoms with Gasteiger partial charge in [-0.1, -0.05) is 35.5 Å². The number of halogens is 1. The Morgan fingerprint density at radius 1 is 1.14 bits per heavy atom. The Morgan fingerprint density at radius 3 is 2.50 bits per heavy atom. The van der Waals surface area contributed by atoms with Crippen molar-refractivity contribution in [3.63, 3.8) is 0 Å². The van der Waals surface area contributed by atoms with Crippen molar-refractivity contribution in [2.75, 3.05) is 49.9 Å². The van der Waals surface area contributed by atoms with E-state index in [2.05, 4.69) is 4.90 Å². The van der Waals surface area contributed by atoms with E-state index in [0.29, 0.717) is 19.6 Å². The molecule has 3 rings (SSSR count). The Balaban J connectivity index is 1.54. The van der Waals surface area contributed by atoms with Gasteiger partial charge in [0.1, 0.15) is 6.54 Å². The zero-order chi connectivity index (χ0) is 15.5.